The van der Waals surface area contributed by atoms with Crippen LogP contribution in [0, 0.1) is 0 Å². The van der Waals surface area contributed by atoms with Gasteiger partial charge < -0.3 is 45.3 Å². The Bertz CT molecular complexity index is 1210. The summed E-state index contributed by atoms with van der Waals surface area (Å²) in [6.45, 7) is 5.81. The number of aliphatic hydroxyl groups is 2. The average molecular weight is 629 g/mol. The fraction of sp³-hybridized carbons (Fsp3) is 0.545. The van der Waals surface area contributed by atoms with Gasteiger partial charge in [0, 0.05) is 25.2 Å². The van der Waals surface area contributed by atoms with Crippen molar-refractivity contribution in [2.24, 2.45) is 0 Å². The molecule has 0 unspecified atom stereocenters. The minimum atomic E-state index is -0.730. The quantitative estimate of drug-likeness (QED) is 0.275. The predicted molar refractivity (Wildman–Crippen MR) is 168 cm³/mol. The molecule has 2 fully saturated rings. The first-order chi connectivity index (χ1) is 21.3. The van der Waals surface area contributed by atoms with Crippen molar-refractivity contribution in [1.82, 2.24) is 20.9 Å². The van der Waals surface area contributed by atoms with Crippen molar-refractivity contribution >= 4 is 18.3 Å². The van der Waals surface area contributed by atoms with Gasteiger partial charge in [0.15, 0.2) is 0 Å². The van der Waals surface area contributed by atoms with Crippen LogP contribution < -0.4 is 16.0 Å². The van der Waals surface area contributed by atoms with Gasteiger partial charge in [-0.3, -0.25) is 0 Å². The number of likely N-dealkylation sites (N-methyl/N-ethyl adjacent to an activating group) is 2. The molecule has 0 aromatic heterocycles. The maximum Gasteiger partial charge on any atom is 0.410 e. The van der Waals surface area contributed by atoms with Crippen LogP contribution in [-0.4, -0.2) is 89.5 Å². The highest BCUT2D eigenvalue weighted by Crippen LogP contribution is 2.26. The van der Waals surface area contributed by atoms with Crippen LogP contribution >= 0.6 is 0 Å². The van der Waals surface area contributed by atoms with Crippen LogP contribution in [0.1, 0.15) is 57.6 Å². The lowest BCUT2D eigenvalue weighted by molar-refractivity contribution is 0.00832. The molecule has 6 atom stereocenters. The zero-order valence-electron chi connectivity index (χ0n) is 26.8. The van der Waals surface area contributed by atoms with E-state index in [2.05, 4.69) is 16.0 Å². The molecule has 45 heavy (non-hydrogen) atoms. The second kappa shape index (κ2) is 17.0. The summed E-state index contributed by atoms with van der Waals surface area (Å²) in [6, 6.07) is 18.3. The zero-order chi connectivity index (χ0) is 33.0. The summed E-state index contributed by atoms with van der Waals surface area (Å²) in [5, 5.41) is 28.5. The molecule has 12 heteroatoms. The summed E-state index contributed by atoms with van der Waals surface area (Å²) in [6.07, 6.45) is -0.519. The van der Waals surface area contributed by atoms with Gasteiger partial charge in [0.1, 0.15) is 18.8 Å². The van der Waals surface area contributed by atoms with E-state index in [-0.39, 0.29) is 31.3 Å². The molecule has 248 valence electrons. The van der Waals surface area contributed by atoms with Gasteiger partial charge in [0.05, 0.1) is 18.2 Å². The second-order valence-corrected chi connectivity index (χ2v) is 12.4. The van der Waals surface area contributed by atoms with Gasteiger partial charge in [0.25, 0.3) is 0 Å². The van der Waals surface area contributed by atoms with E-state index >= 15 is 0 Å². The molecule has 0 radical (unpaired) electrons. The SMILES string of the molecule is CN(C(=O)OC(C)(C)C)[C@H]1C[C@@H](NC(=O)OCc2ccccc2)C[C@@H]1O.CN[C@H]1C[C@@H](NC(=O)OCc2ccccc2)C[C@@H]1O. The van der Waals surface area contributed by atoms with E-state index in [4.69, 9.17) is 14.2 Å². The average Bonchev–Trinajstić information content (AvgIpc) is 3.55. The molecule has 2 aliphatic rings. The van der Waals surface area contributed by atoms with Gasteiger partial charge in [-0.2, -0.15) is 0 Å². The number of carbonyl (C=O) groups excluding carboxylic acids is 3. The van der Waals surface area contributed by atoms with Gasteiger partial charge in [-0.15, -0.1) is 0 Å². The lowest BCUT2D eigenvalue weighted by Crippen LogP contribution is -2.44. The summed E-state index contributed by atoms with van der Waals surface area (Å²) >= 11 is 0. The molecule has 0 heterocycles. The van der Waals surface area contributed by atoms with E-state index in [0.717, 1.165) is 17.5 Å². The summed E-state index contributed by atoms with van der Waals surface area (Å²) in [7, 11) is 3.40. The number of rotatable bonds is 8. The van der Waals surface area contributed by atoms with Crippen molar-refractivity contribution < 1.29 is 38.8 Å². The zero-order valence-corrected chi connectivity index (χ0v) is 26.8. The van der Waals surface area contributed by atoms with E-state index in [1.165, 1.54) is 4.90 Å². The van der Waals surface area contributed by atoms with Crippen LogP contribution in [0.4, 0.5) is 14.4 Å². The molecule has 12 nitrogen and oxygen atoms in total. The Labute approximate surface area is 265 Å². The second-order valence-electron chi connectivity index (χ2n) is 12.4. The molecular weight excluding hydrogens is 580 g/mol. The van der Waals surface area contributed by atoms with Crippen LogP contribution in [0.3, 0.4) is 0 Å². The van der Waals surface area contributed by atoms with Crippen LogP contribution in [-0.2, 0) is 27.4 Å². The van der Waals surface area contributed by atoms with E-state index in [9.17, 15) is 24.6 Å². The number of aliphatic hydroxyl groups excluding tert-OH is 2. The van der Waals surface area contributed by atoms with E-state index in [1.807, 2.05) is 67.7 Å². The third kappa shape index (κ3) is 12.2. The third-order valence-corrected chi connectivity index (χ3v) is 7.64. The molecule has 2 aromatic rings. The smallest absolute Gasteiger partial charge is 0.410 e. The monoisotopic (exact) mass is 628 g/mol. The van der Waals surface area contributed by atoms with Gasteiger partial charge in [-0.05, 0) is 64.6 Å². The minimum absolute atomic E-state index is 0.0317. The molecule has 2 aliphatic carbocycles. The number of ether oxygens (including phenoxy) is 3. The highest BCUT2D eigenvalue weighted by atomic mass is 16.6. The van der Waals surface area contributed by atoms with Crippen molar-refractivity contribution in [3.8, 4) is 0 Å². The summed E-state index contributed by atoms with van der Waals surface area (Å²) in [5.74, 6) is 0. The summed E-state index contributed by atoms with van der Waals surface area (Å²) in [5.41, 5.74) is 1.25. The van der Waals surface area contributed by atoms with Crippen molar-refractivity contribution in [2.45, 2.75) is 102 Å². The number of nitrogens with zero attached hydrogens (tertiary/aromatic N) is 1. The largest absolute Gasteiger partial charge is 0.445 e. The summed E-state index contributed by atoms with van der Waals surface area (Å²) < 4.78 is 15.7. The Hall–Kier alpha value is -3.87. The first-order valence-electron chi connectivity index (χ1n) is 15.3. The van der Waals surface area contributed by atoms with Gasteiger partial charge in [-0.25, -0.2) is 14.4 Å². The lowest BCUT2D eigenvalue weighted by Gasteiger charge is -2.30. The number of carbonyl (C=O) groups is 3. The summed E-state index contributed by atoms with van der Waals surface area (Å²) in [4.78, 5) is 37.2. The highest BCUT2D eigenvalue weighted by molar-refractivity contribution is 5.69. The molecular formula is C33H48N4O8. The van der Waals surface area contributed by atoms with Gasteiger partial charge >= 0.3 is 18.3 Å². The Morgan fingerprint density at radius 3 is 1.69 bits per heavy atom. The normalized spacial score (nSPS) is 24.1. The predicted octanol–water partition coefficient (Wildman–Crippen LogP) is 3.70. The fourth-order valence-electron chi connectivity index (χ4n) is 5.30. The van der Waals surface area contributed by atoms with Gasteiger partial charge in [-0.1, -0.05) is 60.7 Å². The molecule has 2 aromatic carbocycles. The minimum Gasteiger partial charge on any atom is -0.445 e. The molecule has 2 saturated carbocycles. The van der Waals surface area contributed by atoms with Crippen LogP contribution in [0.2, 0.25) is 0 Å². The van der Waals surface area contributed by atoms with Crippen LogP contribution in [0.15, 0.2) is 60.7 Å². The number of hydrogen-bond donors (Lipinski definition) is 5. The van der Waals surface area contributed by atoms with Crippen molar-refractivity contribution in [2.75, 3.05) is 14.1 Å². The highest BCUT2D eigenvalue weighted by Gasteiger charge is 2.39. The van der Waals surface area contributed by atoms with Crippen molar-refractivity contribution in [3.05, 3.63) is 71.8 Å². The topological polar surface area (TPSA) is 159 Å². The molecule has 0 aliphatic heterocycles. The van der Waals surface area contributed by atoms with E-state index in [1.54, 1.807) is 27.8 Å². The van der Waals surface area contributed by atoms with E-state index < -0.39 is 42.1 Å². The Balaban J connectivity index is 0.000000257. The Morgan fingerprint density at radius 1 is 0.778 bits per heavy atom. The lowest BCUT2D eigenvalue weighted by atomic mass is 10.2. The molecule has 5 N–H and O–H groups in total. The first-order valence-corrected chi connectivity index (χ1v) is 15.3. The van der Waals surface area contributed by atoms with E-state index in [0.29, 0.717) is 19.3 Å². The number of hydrogen-bond acceptors (Lipinski definition) is 9. The van der Waals surface area contributed by atoms with Crippen molar-refractivity contribution in [1.29, 1.82) is 0 Å². The Kier molecular flexibility index (Phi) is 13.4. The standard InChI is InChI=1S/C19H28N2O5.C14H20N2O3/c1-19(2,3)26-18(24)21(4)15-10-14(11-16(15)22)20-17(23)25-12-13-8-6-5-7-9-13;1-15-12-7-11(8-13(12)17)16-14(18)19-9-10-5-3-2-4-6-10/h5-9,14-16,22H,10-12H2,1-4H3,(H,20,23);2-6,11-13,15,17H,7-9H2,1H3,(H,16,18)/t14-,15+,16+;11-,12+,13+/m11/s1. The molecule has 3 amide bonds. The molecule has 0 bridgehead atoms. The molecule has 0 saturated heterocycles. The maximum atomic E-state index is 12.2. The number of alkyl carbamates (subject to hydrolysis) is 2. The van der Waals surface area contributed by atoms with Crippen LogP contribution in [0.25, 0.3) is 0 Å². The Morgan fingerprint density at radius 2 is 1.24 bits per heavy atom. The number of amides is 3. The first kappa shape index (κ1) is 35.6. The van der Waals surface area contributed by atoms with Crippen LogP contribution in [0.5, 0.6) is 0 Å². The third-order valence-electron chi connectivity index (χ3n) is 7.64. The maximum absolute atomic E-state index is 12.2. The fourth-order valence-corrected chi connectivity index (χ4v) is 5.30. The number of nitrogens with one attached hydrogen (secondary N) is 3. The molecule has 0 spiro atoms. The number of benzene rings is 2. The molecule has 4 rings (SSSR count). The van der Waals surface area contributed by atoms with Gasteiger partial charge in [0.2, 0.25) is 0 Å². The van der Waals surface area contributed by atoms with Crippen molar-refractivity contribution in [3.63, 3.8) is 0 Å².